The lowest BCUT2D eigenvalue weighted by Crippen LogP contribution is -2.39. The largest absolute Gasteiger partial charge is 0.355 e. The Morgan fingerprint density at radius 3 is 3.12 bits per heavy atom. The number of rotatable bonds is 2. The molecular weight excluding hydrogens is 266 g/mol. The van der Waals surface area contributed by atoms with E-state index < -0.39 is 0 Å². The van der Waals surface area contributed by atoms with Crippen molar-refractivity contribution in [1.29, 1.82) is 0 Å². The molecule has 16 heavy (non-hydrogen) atoms. The predicted octanol–water partition coefficient (Wildman–Crippen LogP) is 2.33. The normalized spacial score (nSPS) is 21.2. The number of nitrogens with zero attached hydrogens (tertiary/aromatic N) is 2. The maximum atomic E-state index is 5.75. The van der Waals surface area contributed by atoms with Crippen molar-refractivity contribution in [3.63, 3.8) is 0 Å². The van der Waals surface area contributed by atoms with E-state index in [0.717, 1.165) is 29.9 Å². The number of hydrogen-bond acceptors (Lipinski definition) is 3. The molecule has 88 valence electrons. The zero-order chi connectivity index (χ0) is 11.5. The van der Waals surface area contributed by atoms with Crippen LogP contribution in [0.5, 0.6) is 0 Å². The molecule has 1 aliphatic rings. The fraction of sp³-hybridized carbons (Fsp3) is 0.583. The van der Waals surface area contributed by atoms with Crippen LogP contribution in [0.2, 0.25) is 0 Å². The van der Waals surface area contributed by atoms with Crippen molar-refractivity contribution in [2.75, 3.05) is 24.5 Å². The first-order valence-corrected chi connectivity index (χ1v) is 6.57. The maximum Gasteiger partial charge on any atom is 0.142 e. The van der Waals surface area contributed by atoms with Crippen LogP contribution < -0.4 is 10.6 Å². The van der Waals surface area contributed by atoms with Gasteiger partial charge in [-0.3, -0.25) is 0 Å². The second-order valence-electron chi connectivity index (χ2n) is 4.51. The van der Waals surface area contributed by atoms with E-state index in [2.05, 4.69) is 38.8 Å². The molecule has 0 aliphatic carbocycles. The summed E-state index contributed by atoms with van der Waals surface area (Å²) in [6.07, 6.45) is 4.38. The zero-order valence-electron chi connectivity index (χ0n) is 9.62. The Bertz CT molecular complexity index is 367. The van der Waals surface area contributed by atoms with Crippen molar-refractivity contribution in [2.45, 2.75) is 19.8 Å². The van der Waals surface area contributed by atoms with Gasteiger partial charge in [0, 0.05) is 19.3 Å². The lowest BCUT2D eigenvalue weighted by atomic mass is 9.98. The molecule has 0 bridgehead atoms. The number of nitrogens with two attached hydrogens (primary N) is 1. The van der Waals surface area contributed by atoms with Crippen molar-refractivity contribution >= 4 is 21.7 Å². The van der Waals surface area contributed by atoms with Gasteiger partial charge in [-0.1, -0.05) is 0 Å². The minimum atomic E-state index is 0.615. The SMILES string of the molecule is Cc1cnc(N2CCCC(CN)C2)c(Br)c1. The predicted molar refractivity (Wildman–Crippen MR) is 70.7 cm³/mol. The van der Waals surface area contributed by atoms with E-state index >= 15 is 0 Å². The van der Waals surface area contributed by atoms with Crippen LogP contribution in [0, 0.1) is 12.8 Å². The molecule has 1 aromatic rings. The first-order valence-electron chi connectivity index (χ1n) is 5.78. The molecule has 0 spiro atoms. The molecule has 1 aromatic heterocycles. The number of hydrogen-bond donors (Lipinski definition) is 1. The van der Waals surface area contributed by atoms with Crippen LogP contribution in [0.1, 0.15) is 18.4 Å². The summed E-state index contributed by atoms with van der Waals surface area (Å²) >= 11 is 3.59. The second-order valence-corrected chi connectivity index (χ2v) is 5.36. The van der Waals surface area contributed by atoms with Gasteiger partial charge in [0.2, 0.25) is 0 Å². The fourth-order valence-corrected chi connectivity index (χ4v) is 2.92. The maximum absolute atomic E-state index is 5.75. The summed E-state index contributed by atoms with van der Waals surface area (Å²) < 4.78 is 1.09. The van der Waals surface area contributed by atoms with E-state index in [1.165, 1.54) is 18.4 Å². The van der Waals surface area contributed by atoms with Crippen molar-refractivity contribution in [2.24, 2.45) is 11.7 Å². The summed E-state index contributed by atoms with van der Waals surface area (Å²) in [5.74, 6) is 1.67. The lowest BCUT2D eigenvalue weighted by Gasteiger charge is -2.33. The Morgan fingerprint density at radius 2 is 2.44 bits per heavy atom. The highest BCUT2D eigenvalue weighted by molar-refractivity contribution is 9.10. The van der Waals surface area contributed by atoms with Crippen LogP contribution in [-0.4, -0.2) is 24.6 Å². The number of pyridine rings is 1. The fourth-order valence-electron chi connectivity index (χ4n) is 2.21. The Balaban J connectivity index is 2.16. The van der Waals surface area contributed by atoms with Gasteiger partial charge in [-0.25, -0.2) is 4.98 Å². The molecule has 2 heterocycles. The number of piperidine rings is 1. The summed E-state index contributed by atoms with van der Waals surface area (Å²) in [5.41, 5.74) is 6.93. The molecule has 0 radical (unpaired) electrons. The number of aryl methyl sites for hydroxylation is 1. The third kappa shape index (κ3) is 2.55. The van der Waals surface area contributed by atoms with Crippen molar-refractivity contribution < 1.29 is 0 Å². The van der Waals surface area contributed by atoms with Crippen molar-refractivity contribution in [1.82, 2.24) is 4.98 Å². The first kappa shape index (κ1) is 11.9. The molecule has 1 unspecified atom stereocenters. The minimum Gasteiger partial charge on any atom is -0.355 e. The van der Waals surface area contributed by atoms with Gasteiger partial charge in [0.15, 0.2) is 0 Å². The molecule has 0 saturated carbocycles. The van der Waals surface area contributed by atoms with Gasteiger partial charge >= 0.3 is 0 Å². The Morgan fingerprint density at radius 1 is 1.62 bits per heavy atom. The highest BCUT2D eigenvalue weighted by Gasteiger charge is 2.21. The Kier molecular flexibility index (Phi) is 3.82. The molecule has 1 atom stereocenters. The van der Waals surface area contributed by atoms with Crippen LogP contribution in [0.3, 0.4) is 0 Å². The number of halogens is 1. The third-order valence-corrected chi connectivity index (χ3v) is 3.69. The van der Waals surface area contributed by atoms with Crippen LogP contribution in [0.15, 0.2) is 16.7 Å². The highest BCUT2D eigenvalue weighted by Crippen LogP contribution is 2.28. The standard InChI is InChI=1S/C12H18BrN3/c1-9-5-11(13)12(15-7-9)16-4-2-3-10(6-14)8-16/h5,7,10H,2-4,6,8,14H2,1H3. The van der Waals surface area contributed by atoms with E-state index in [4.69, 9.17) is 5.73 Å². The quantitative estimate of drug-likeness (QED) is 0.906. The summed E-state index contributed by atoms with van der Waals surface area (Å²) in [4.78, 5) is 6.85. The van der Waals surface area contributed by atoms with Gasteiger partial charge in [0.1, 0.15) is 5.82 Å². The van der Waals surface area contributed by atoms with Gasteiger partial charge in [0.25, 0.3) is 0 Å². The van der Waals surface area contributed by atoms with E-state index in [9.17, 15) is 0 Å². The molecule has 2 rings (SSSR count). The van der Waals surface area contributed by atoms with Crippen molar-refractivity contribution in [3.8, 4) is 0 Å². The van der Waals surface area contributed by atoms with Gasteiger partial charge in [0.05, 0.1) is 4.47 Å². The smallest absolute Gasteiger partial charge is 0.142 e. The third-order valence-electron chi connectivity index (χ3n) is 3.11. The topological polar surface area (TPSA) is 42.2 Å². The zero-order valence-corrected chi connectivity index (χ0v) is 11.2. The number of anilines is 1. The van der Waals surface area contributed by atoms with E-state index in [0.29, 0.717) is 5.92 Å². The van der Waals surface area contributed by atoms with Crippen LogP contribution in [0.25, 0.3) is 0 Å². The van der Waals surface area contributed by atoms with Crippen LogP contribution >= 0.6 is 15.9 Å². The van der Waals surface area contributed by atoms with Crippen molar-refractivity contribution in [3.05, 3.63) is 22.3 Å². The summed E-state index contributed by atoms with van der Waals surface area (Å²) in [6.45, 7) is 4.96. The van der Waals surface area contributed by atoms with E-state index in [1.807, 2.05) is 6.20 Å². The van der Waals surface area contributed by atoms with Gasteiger partial charge in [-0.15, -0.1) is 0 Å². The molecule has 1 saturated heterocycles. The molecule has 3 nitrogen and oxygen atoms in total. The lowest BCUT2D eigenvalue weighted by molar-refractivity contribution is 0.421. The highest BCUT2D eigenvalue weighted by atomic mass is 79.9. The molecule has 2 N–H and O–H groups in total. The van der Waals surface area contributed by atoms with E-state index in [1.54, 1.807) is 0 Å². The molecular formula is C12H18BrN3. The van der Waals surface area contributed by atoms with Gasteiger partial charge < -0.3 is 10.6 Å². The monoisotopic (exact) mass is 283 g/mol. The Labute approximate surface area is 105 Å². The molecule has 0 amide bonds. The first-order chi connectivity index (χ1) is 7.70. The molecule has 1 aliphatic heterocycles. The van der Waals surface area contributed by atoms with Gasteiger partial charge in [-0.2, -0.15) is 0 Å². The second kappa shape index (κ2) is 5.15. The average Bonchev–Trinajstić information content (AvgIpc) is 2.29. The van der Waals surface area contributed by atoms with E-state index in [-0.39, 0.29) is 0 Å². The summed E-state index contributed by atoms with van der Waals surface area (Å²) in [5, 5.41) is 0. The molecule has 4 heteroatoms. The van der Waals surface area contributed by atoms with Crippen LogP contribution in [0.4, 0.5) is 5.82 Å². The molecule has 0 aromatic carbocycles. The average molecular weight is 284 g/mol. The number of aromatic nitrogens is 1. The molecule has 1 fully saturated rings. The minimum absolute atomic E-state index is 0.615. The summed E-state index contributed by atoms with van der Waals surface area (Å²) in [6, 6.07) is 2.12. The Hall–Kier alpha value is -0.610. The van der Waals surface area contributed by atoms with Crippen LogP contribution in [-0.2, 0) is 0 Å². The van der Waals surface area contributed by atoms with Gasteiger partial charge in [-0.05, 0) is 59.8 Å². The summed E-state index contributed by atoms with van der Waals surface area (Å²) in [7, 11) is 0.